The molecule has 4 rings (SSSR count). The predicted molar refractivity (Wildman–Crippen MR) is 108 cm³/mol. The van der Waals surface area contributed by atoms with E-state index in [1.807, 2.05) is 6.07 Å². The van der Waals surface area contributed by atoms with Crippen molar-refractivity contribution < 1.29 is 9.21 Å². The highest BCUT2D eigenvalue weighted by atomic mass is 35.5. The van der Waals surface area contributed by atoms with Crippen LogP contribution in [0.15, 0.2) is 33.5 Å². The Bertz CT molecular complexity index is 1070. The maximum atomic E-state index is 12.7. The van der Waals surface area contributed by atoms with Gasteiger partial charge in [-0.25, -0.2) is 9.48 Å². The van der Waals surface area contributed by atoms with E-state index in [0.29, 0.717) is 22.5 Å². The van der Waals surface area contributed by atoms with Crippen molar-refractivity contribution in [1.82, 2.24) is 20.3 Å². The van der Waals surface area contributed by atoms with E-state index in [9.17, 15) is 9.59 Å². The second-order valence-corrected chi connectivity index (χ2v) is 6.91. The summed E-state index contributed by atoms with van der Waals surface area (Å²) < 4.78 is 7.13. The number of amides is 1. The molecular formula is C19H22ClN5O3. The molecule has 0 saturated carbocycles. The van der Waals surface area contributed by atoms with E-state index in [4.69, 9.17) is 4.42 Å². The molecule has 8 nitrogen and oxygen atoms in total. The molecule has 148 valence electrons. The Morgan fingerprint density at radius 2 is 2.18 bits per heavy atom. The lowest BCUT2D eigenvalue weighted by atomic mass is 9.95. The van der Waals surface area contributed by atoms with Gasteiger partial charge in [0.2, 0.25) is 0 Å². The standard InChI is InChI=1S/C19H21N5O3.ClH/c1-11-8-16(12-4-3-7-20-10-12)27-19(26)17(11)18(25)21-13-5-6-15-14(9-13)22-23-24(15)2;/h5-6,8-9,12,20H,3-4,7,10H2,1-2H3,(H,21,25);1H. The van der Waals surface area contributed by atoms with Crippen molar-refractivity contribution >= 4 is 35.0 Å². The molecule has 1 aromatic carbocycles. The van der Waals surface area contributed by atoms with Gasteiger partial charge in [-0.3, -0.25) is 4.79 Å². The number of nitrogens with zero attached hydrogens (tertiary/aromatic N) is 3. The smallest absolute Gasteiger partial charge is 0.349 e. The van der Waals surface area contributed by atoms with E-state index in [1.54, 1.807) is 36.9 Å². The van der Waals surface area contributed by atoms with E-state index in [-0.39, 0.29) is 23.9 Å². The third kappa shape index (κ3) is 3.79. The molecule has 0 bridgehead atoms. The Balaban J connectivity index is 0.00000225. The number of anilines is 1. The zero-order chi connectivity index (χ0) is 19.0. The molecule has 28 heavy (non-hydrogen) atoms. The fraction of sp³-hybridized carbons (Fsp3) is 0.368. The van der Waals surface area contributed by atoms with E-state index >= 15 is 0 Å². The third-order valence-electron chi connectivity index (χ3n) is 4.96. The van der Waals surface area contributed by atoms with Gasteiger partial charge in [-0.05, 0) is 56.1 Å². The summed E-state index contributed by atoms with van der Waals surface area (Å²) in [4.78, 5) is 25.1. The molecule has 1 amide bonds. The van der Waals surface area contributed by atoms with Gasteiger partial charge in [-0.15, -0.1) is 17.5 Å². The summed E-state index contributed by atoms with van der Waals surface area (Å²) in [5.74, 6) is 0.321. The number of hydrogen-bond acceptors (Lipinski definition) is 6. The molecule has 0 spiro atoms. The molecule has 1 saturated heterocycles. The molecule has 1 unspecified atom stereocenters. The van der Waals surface area contributed by atoms with Crippen molar-refractivity contribution in [2.75, 3.05) is 18.4 Å². The number of benzene rings is 1. The van der Waals surface area contributed by atoms with Crippen LogP contribution in [0, 0.1) is 6.92 Å². The largest absolute Gasteiger partial charge is 0.427 e. The molecule has 1 atom stereocenters. The molecular weight excluding hydrogens is 382 g/mol. The molecule has 0 aliphatic carbocycles. The SMILES string of the molecule is Cc1cc(C2CCCNC2)oc(=O)c1C(=O)Nc1ccc2c(c1)nnn2C.Cl. The average molecular weight is 404 g/mol. The molecule has 1 aliphatic rings. The Labute approximate surface area is 167 Å². The van der Waals surface area contributed by atoms with Gasteiger partial charge in [0, 0.05) is 25.2 Å². The van der Waals surface area contributed by atoms with Gasteiger partial charge in [-0.2, -0.15) is 0 Å². The molecule has 3 aromatic rings. The Kier molecular flexibility index (Phi) is 5.81. The molecule has 1 aliphatic heterocycles. The van der Waals surface area contributed by atoms with Crippen LogP contribution in [0.4, 0.5) is 5.69 Å². The van der Waals surface area contributed by atoms with Crippen molar-refractivity contribution in [3.05, 3.63) is 51.6 Å². The van der Waals surface area contributed by atoms with Crippen molar-refractivity contribution in [2.24, 2.45) is 7.05 Å². The van der Waals surface area contributed by atoms with E-state index < -0.39 is 11.5 Å². The Morgan fingerprint density at radius 1 is 1.36 bits per heavy atom. The number of fused-ring (bicyclic) bond motifs is 1. The molecule has 3 heterocycles. The van der Waals surface area contributed by atoms with Gasteiger partial charge in [0.15, 0.2) is 0 Å². The molecule has 0 radical (unpaired) electrons. The summed E-state index contributed by atoms with van der Waals surface area (Å²) >= 11 is 0. The quantitative estimate of drug-likeness (QED) is 0.696. The number of aryl methyl sites for hydroxylation is 2. The number of carbonyl (C=O) groups excluding carboxylic acids is 1. The number of halogens is 1. The van der Waals surface area contributed by atoms with Crippen LogP contribution < -0.4 is 16.3 Å². The van der Waals surface area contributed by atoms with E-state index in [0.717, 1.165) is 31.4 Å². The summed E-state index contributed by atoms with van der Waals surface area (Å²) in [5.41, 5.74) is 2.11. The maximum absolute atomic E-state index is 12.7. The topological polar surface area (TPSA) is 102 Å². The first-order valence-corrected chi connectivity index (χ1v) is 8.99. The van der Waals surface area contributed by atoms with Gasteiger partial charge >= 0.3 is 5.63 Å². The van der Waals surface area contributed by atoms with Crippen molar-refractivity contribution in [3.8, 4) is 0 Å². The number of aromatic nitrogens is 3. The zero-order valence-electron chi connectivity index (χ0n) is 15.7. The number of carbonyl (C=O) groups is 1. The number of piperidine rings is 1. The van der Waals surface area contributed by atoms with Gasteiger partial charge in [0.25, 0.3) is 5.91 Å². The first kappa shape index (κ1) is 20.0. The lowest BCUT2D eigenvalue weighted by Gasteiger charge is -2.22. The van der Waals surface area contributed by atoms with Crippen LogP contribution in [0.25, 0.3) is 11.0 Å². The summed E-state index contributed by atoms with van der Waals surface area (Å²) in [7, 11) is 1.80. The number of rotatable bonds is 3. The van der Waals surface area contributed by atoms with Crippen LogP contribution in [0.3, 0.4) is 0 Å². The van der Waals surface area contributed by atoms with Crippen LogP contribution >= 0.6 is 12.4 Å². The molecule has 2 N–H and O–H groups in total. The fourth-order valence-electron chi connectivity index (χ4n) is 3.51. The van der Waals surface area contributed by atoms with Crippen LogP contribution in [0.2, 0.25) is 0 Å². The Morgan fingerprint density at radius 3 is 2.89 bits per heavy atom. The number of nitrogens with one attached hydrogen (secondary N) is 2. The monoisotopic (exact) mass is 403 g/mol. The lowest BCUT2D eigenvalue weighted by molar-refractivity contribution is 0.102. The summed E-state index contributed by atoms with van der Waals surface area (Å²) in [6.45, 7) is 3.53. The van der Waals surface area contributed by atoms with Crippen molar-refractivity contribution in [3.63, 3.8) is 0 Å². The summed E-state index contributed by atoms with van der Waals surface area (Å²) in [6.07, 6.45) is 2.01. The normalized spacial score (nSPS) is 16.6. The molecule has 2 aromatic heterocycles. The molecule has 9 heteroatoms. The van der Waals surface area contributed by atoms with E-state index in [1.165, 1.54) is 0 Å². The zero-order valence-corrected chi connectivity index (χ0v) is 16.5. The lowest BCUT2D eigenvalue weighted by Crippen LogP contribution is -2.30. The third-order valence-corrected chi connectivity index (χ3v) is 4.96. The second kappa shape index (κ2) is 8.12. The highest BCUT2D eigenvalue weighted by Crippen LogP contribution is 2.24. The van der Waals surface area contributed by atoms with Crippen LogP contribution in [-0.4, -0.2) is 34.0 Å². The van der Waals surface area contributed by atoms with E-state index in [2.05, 4.69) is 20.9 Å². The Hall–Kier alpha value is -2.71. The average Bonchev–Trinajstić information content (AvgIpc) is 3.02. The van der Waals surface area contributed by atoms with Crippen molar-refractivity contribution in [2.45, 2.75) is 25.7 Å². The van der Waals surface area contributed by atoms with Gasteiger partial charge in [0.1, 0.15) is 16.8 Å². The minimum Gasteiger partial charge on any atom is -0.427 e. The molecule has 1 fully saturated rings. The van der Waals surface area contributed by atoms with Gasteiger partial charge < -0.3 is 15.1 Å². The second-order valence-electron chi connectivity index (χ2n) is 6.91. The van der Waals surface area contributed by atoms with Crippen molar-refractivity contribution in [1.29, 1.82) is 0 Å². The van der Waals surface area contributed by atoms with Crippen LogP contribution in [0.5, 0.6) is 0 Å². The van der Waals surface area contributed by atoms with Crippen LogP contribution in [0.1, 0.15) is 40.4 Å². The van der Waals surface area contributed by atoms with Gasteiger partial charge in [-0.1, -0.05) is 5.21 Å². The number of hydrogen-bond donors (Lipinski definition) is 2. The minimum atomic E-state index is -0.603. The summed E-state index contributed by atoms with van der Waals surface area (Å²) in [6, 6.07) is 7.10. The highest BCUT2D eigenvalue weighted by molar-refractivity contribution is 6.05. The van der Waals surface area contributed by atoms with Crippen LogP contribution in [-0.2, 0) is 7.05 Å². The predicted octanol–water partition coefficient (Wildman–Crippen LogP) is 2.37. The first-order chi connectivity index (χ1) is 13.0. The maximum Gasteiger partial charge on any atom is 0.349 e. The van der Waals surface area contributed by atoms with Gasteiger partial charge in [0.05, 0.1) is 5.52 Å². The highest BCUT2D eigenvalue weighted by Gasteiger charge is 2.22. The fourth-order valence-corrected chi connectivity index (χ4v) is 3.51. The minimum absolute atomic E-state index is 0. The summed E-state index contributed by atoms with van der Waals surface area (Å²) in [5, 5.41) is 14.0. The first-order valence-electron chi connectivity index (χ1n) is 8.99.